The summed E-state index contributed by atoms with van der Waals surface area (Å²) >= 11 is 0. The van der Waals surface area contributed by atoms with Gasteiger partial charge in [-0.15, -0.1) is 0 Å². The number of carbonyl (C=O) groups excluding carboxylic acids is 1. The second kappa shape index (κ2) is 8.25. The molecule has 0 saturated heterocycles. The minimum Gasteiger partial charge on any atom is -0.490 e. The second-order valence-electron chi connectivity index (χ2n) is 5.78. The molecule has 2 aromatic rings. The number of hydrogen-bond acceptors (Lipinski definition) is 4. The summed E-state index contributed by atoms with van der Waals surface area (Å²) in [4.78, 5) is 22.7. The quantitative estimate of drug-likeness (QED) is 0.594. The third-order valence-corrected chi connectivity index (χ3v) is 3.98. The normalized spacial score (nSPS) is 11.6. The fourth-order valence-corrected chi connectivity index (χ4v) is 2.49. The predicted octanol–water partition coefficient (Wildman–Crippen LogP) is 2.17. The molecule has 0 aromatic heterocycles. The lowest BCUT2D eigenvalue weighted by atomic mass is 10.1. The zero-order valence-corrected chi connectivity index (χ0v) is 14.5. The Balaban J connectivity index is 2.02. The number of nitrogens with zero attached hydrogens (tertiary/aromatic N) is 1. The number of anilines is 1. The highest BCUT2D eigenvalue weighted by molar-refractivity contribution is 5.92. The van der Waals surface area contributed by atoms with Crippen LogP contribution in [-0.2, 0) is 4.79 Å². The van der Waals surface area contributed by atoms with E-state index in [-0.39, 0.29) is 29.9 Å². The average molecular weight is 344 g/mol. The van der Waals surface area contributed by atoms with Crippen molar-refractivity contribution < 1.29 is 19.8 Å². The average Bonchev–Trinajstić information content (AvgIpc) is 2.61. The lowest BCUT2D eigenvalue weighted by molar-refractivity contribution is -0.682. The number of quaternary nitrogens is 1. The van der Waals surface area contributed by atoms with Crippen molar-refractivity contribution in [3.63, 3.8) is 0 Å². The van der Waals surface area contributed by atoms with Crippen LogP contribution >= 0.6 is 0 Å². The van der Waals surface area contributed by atoms with Crippen LogP contribution in [0.1, 0.15) is 24.1 Å². The molecule has 2 aromatic carbocycles. The molecule has 0 bridgehead atoms. The van der Waals surface area contributed by atoms with Crippen LogP contribution in [-0.4, -0.2) is 24.5 Å². The molecule has 0 aliphatic heterocycles. The van der Waals surface area contributed by atoms with Crippen molar-refractivity contribution in [1.82, 2.24) is 0 Å². The van der Waals surface area contributed by atoms with Crippen LogP contribution in [0.15, 0.2) is 42.5 Å². The molecule has 7 nitrogen and oxygen atoms in total. The van der Waals surface area contributed by atoms with E-state index < -0.39 is 4.92 Å². The third-order valence-electron chi connectivity index (χ3n) is 3.98. The van der Waals surface area contributed by atoms with Gasteiger partial charge in [-0.3, -0.25) is 14.9 Å². The SMILES string of the molecule is COc1cc(NC(=O)C[NH2+][C@@H](C)c2ccccc2)c(C)cc1[N+](=O)[O-]. The maximum absolute atomic E-state index is 12.2. The summed E-state index contributed by atoms with van der Waals surface area (Å²) in [5.41, 5.74) is 2.14. The van der Waals surface area contributed by atoms with E-state index >= 15 is 0 Å². The van der Waals surface area contributed by atoms with E-state index in [1.807, 2.05) is 42.6 Å². The summed E-state index contributed by atoms with van der Waals surface area (Å²) in [5.74, 6) is -0.0608. The zero-order chi connectivity index (χ0) is 18.4. The van der Waals surface area contributed by atoms with E-state index in [0.29, 0.717) is 11.3 Å². The van der Waals surface area contributed by atoms with Crippen molar-refractivity contribution in [2.75, 3.05) is 19.0 Å². The van der Waals surface area contributed by atoms with Gasteiger partial charge in [-0.25, -0.2) is 0 Å². The van der Waals surface area contributed by atoms with Crippen molar-refractivity contribution >= 4 is 17.3 Å². The minimum atomic E-state index is -0.507. The van der Waals surface area contributed by atoms with Crippen LogP contribution in [0.25, 0.3) is 0 Å². The standard InChI is InChI=1S/C18H21N3O4/c1-12-9-16(21(23)24)17(25-3)10-15(12)20-18(22)11-19-13(2)14-7-5-4-6-8-14/h4-10,13,19H,11H2,1-3H3,(H,20,22)/p+1/t13-/m0/s1. The molecule has 0 fully saturated rings. The third kappa shape index (κ3) is 4.77. The van der Waals surface area contributed by atoms with Crippen LogP contribution in [0, 0.1) is 17.0 Å². The summed E-state index contributed by atoms with van der Waals surface area (Å²) in [6.45, 7) is 3.98. The van der Waals surface area contributed by atoms with Gasteiger partial charge in [0.05, 0.1) is 12.0 Å². The topological polar surface area (TPSA) is 98.1 Å². The summed E-state index contributed by atoms with van der Waals surface area (Å²) in [7, 11) is 1.36. The Hall–Kier alpha value is -2.93. The Morgan fingerprint density at radius 2 is 2.00 bits per heavy atom. The van der Waals surface area contributed by atoms with Crippen molar-refractivity contribution in [3.05, 3.63) is 63.7 Å². The maximum Gasteiger partial charge on any atom is 0.311 e. The van der Waals surface area contributed by atoms with Gasteiger partial charge in [-0.2, -0.15) is 0 Å². The molecule has 0 aliphatic carbocycles. The van der Waals surface area contributed by atoms with E-state index in [2.05, 4.69) is 5.32 Å². The van der Waals surface area contributed by atoms with Gasteiger partial charge >= 0.3 is 5.69 Å². The van der Waals surface area contributed by atoms with E-state index in [0.717, 1.165) is 5.56 Å². The Bertz CT molecular complexity index is 762. The van der Waals surface area contributed by atoms with Crippen molar-refractivity contribution in [2.45, 2.75) is 19.9 Å². The Labute approximate surface area is 146 Å². The molecule has 0 saturated carbocycles. The predicted molar refractivity (Wildman–Crippen MR) is 94.7 cm³/mol. The number of nitrogens with two attached hydrogens (primary N) is 1. The first kappa shape index (κ1) is 18.4. The van der Waals surface area contributed by atoms with Crippen LogP contribution in [0.3, 0.4) is 0 Å². The summed E-state index contributed by atoms with van der Waals surface area (Å²) in [5, 5.41) is 15.7. The number of nitro benzene ring substituents is 1. The van der Waals surface area contributed by atoms with Crippen LogP contribution < -0.4 is 15.4 Å². The zero-order valence-electron chi connectivity index (χ0n) is 14.5. The van der Waals surface area contributed by atoms with E-state index in [9.17, 15) is 14.9 Å². The Morgan fingerprint density at radius 1 is 1.32 bits per heavy atom. The van der Waals surface area contributed by atoms with E-state index in [4.69, 9.17) is 4.74 Å². The molecule has 2 rings (SSSR count). The van der Waals surface area contributed by atoms with Gasteiger partial charge in [0.15, 0.2) is 12.3 Å². The van der Waals surface area contributed by atoms with Crippen LogP contribution in [0.5, 0.6) is 5.75 Å². The van der Waals surface area contributed by atoms with Crippen molar-refractivity contribution in [2.24, 2.45) is 0 Å². The maximum atomic E-state index is 12.2. The molecule has 0 aliphatic rings. The molecule has 1 amide bonds. The molecule has 3 N–H and O–H groups in total. The number of hydrogen-bond donors (Lipinski definition) is 2. The van der Waals surface area contributed by atoms with Gasteiger partial charge in [0, 0.05) is 23.4 Å². The number of benzene rings is 2. The minimum absolute atomic E-state index is 0.118. The van der Waals surface area contributed by atoms with Gasteiger partial charge in [0.1, 0.15) is 6.04 Å². The summed E-state index contributed by atoms with van der Waals surface area (Å²) in [6.07, 6.45) is 0. The first-order valence-electron chi connectivity index (χ1n) is 7.93. The van der Waals surface area contributed by atoms with Gasteiger partial charge in [0.2, 0.25) is 0 Å². The molecular weight excluding hydrogens is 322 g/mol. The van der Waals surface area contributed by atoms with E-state index in [1.165, 1.54) is 19.2 Å². The molecule has 132 valence electrons. The Kier molecular flexibility index (Phi) is 6.08. The highest BCUT2D eigenvalue weighted by Crippen LogP contribution is 2.32. The molecule has 0 radical (unpaired) electrons. The molecule has 7 heteroatoms. The number of ether oxygens (including phenoxy) is 1. The molecular formula is C18H22N3O4+. The van der Waals surface area contributed by atoms with Crippen molar-refractivity contribution in [3.8, 4) is 5.75 Å². The number of carbonyl (C=O) groups is 1. The lowest BCUT2D eigenvalue weighted by Gasteiger charge is -2.13. The van der Waals surface area contributed by atoms with Gasteiger partial charge < -0.3 is 15.4 Å². The molecule has 25 heavy (non-hydrogen) atoms. The van der Waals surface area contributed by atoms with Gasteiger partial charge in [-0.05, 0) is 19.4 Å². The van der Waals surface area contributed by atoms with E-state index in [1.54, 1.807) is 6.92 Å². The number of aryl methyl sites for hydroxylation is 1. The number of amides is 1. The van der Waals surface area contributed by atoms with Gasteiger partial charge in [-0.1, -0.05) is 30.3 Å². The molecule has 0 spiro atoms. The number of nitro groups is 1. The van der Waals surface area contributed by atoms with Crippen LogP contribution in [0.4, 0.5) is 11.4 Å². The summed E-state index contributed by atoms with van der Waals surface area (Å²) < 4.78 is 5.04. The largest absolute Gasteiger partial charge is 0.490 e. The Morgan fingerprint density at radius 3 is 2.60 bits per heavy atom. The molecule has 0 unspecified atom stereocenters. The number of rotatable bonds is 7. The highest BCUT2D eigenvalue weighted by Gasteiger charge is 2.19. The summed E-state index contributed by atoms with van der Waals surface area (Å²) in [6, 6.07) is 12.9. The fraction of sp³-hybridized carbons (Fsp3) is 0.278. The second-order valence-corrected chi connectivity index (χ2v) is 5.78. The molecule has 1 atom stereocenters. The first-order valence-corrected chi connectivity index (χ1v) is 7.93. The fourth-order valence-electron chi connectivity index (χ4n) is 2.49. The monoisotopic (exact) mass is 344 g/mol. The highest BCUT2D eigenvalue weighted by atomic mass is 16.6. The molecule has 0 heterocycles. The first-order chi connectivity index (χ1) is 11.9. The smallest absolute Gasteiger partial charge is 0.311 e. The number of methoxy groups -OCH3 is 1. The number of nitrogens with one attached hydrogen (secondary N) is 1. The van der Waals surface area contributed by atoms with Gasteiger partial charge in [0.25, 0.3) is 5.91 Å². The van der Waals surface area contributed by atoms with Crippen LogP contribution in [0.2, 0.25) is 0 Å². The lowest BCUT2D eigenvalue weighted by Crippen LogP contribution is -2.86. The van der Waals surface area contributed by atoms with Crippen molar-refractivity contribution in [1.29, 1.82) is 0 Å².